The number of hydrogen-bond donors (Lipinski definition) is 2. The second-order valence-electron chi connectivity index (χ2n) is 6.01. The Morgan fingerprint density at radius 3 is 2.54 bits per heavy atom. The van der Waals surface area contributed by atoms with Gasteiger partial charge in [-0.2, -0.15) is 0 Å². The maximum absolute atomic E-state index is 12.1. The zero-order valence-corrected chi connectivity index (χ0v) is 15.4. The topological polar surface area (TPSA) is 70.7 Å². The monoisotopic (exact) mass is 355 g/mol. The van der Waals surface area contributed by atoms with Crippen molar-refractivity contribution in [2.75, 3.05) is 37.5 Å². The molecule has 0 aliphatic rings. The van der Waals surface area contributed by atoms with Gasteiger partial charge in [-0.15, -0.1) is 0 Å². The van der Waals surface area contributed by atoms with Crippen molar-refractivity contribution in [3.63, 3.8) is 0 Å². The predicted octanol–water partition coefficient (Wildman–Crippen LogP) is 3.43. The van der Waals surface area contributed by atoms with Crippen molar-refractivity contribution in [3.05, 3.63) is 59.7 Å². The zero-order chi connectivity index (χ0) is 18.9. The van der Waals surface area contributed by atoms with Crippen LogP contribution in [-0.4, -0.2) is 39.2 Å². The van der Waals surface area contributed by atoms with Crippen LogP contribution >= 0.6 is 0 Å². The van der Waals surface area contributed by atoms with Crippen molar-refractivity contribution >= 4 is 23.4 Å². The van der Waals surface area contributed by atoms with E-state index in [9.17, 15) is 9.59 Å². The third-order valence-corrected chi connectivity index (χ3v) is 4.06. The van der Waals surface area contributed by atoms with Gasteiger partial charge in [-0.3, -0.25) is 0 Å². The quantitative estimate of drug-likeness (QED) is 0.590. The molecular weight excluding hydrogens is 330 g/mol. The first-order valence-corrected chi connectivity index (χ1v) is 8.51. The number of hydrogen-bond acceptors (Lipinski definition) is 4. The molecule has 0 saturated heterocycles. The van der Waals surface area contributed by atoms with Crippen molar-refractivity contribution in [1.29, 1.82) is 0 Å². The highest BCUT2D eigenvalue weighted by molar-refractivity contribution is 5.94. The number of anilines is 2. The predicted molar refractivity (Wildman–Crippen MR) is 104 cm³/mol. The van der Waals surface area contributed by atoms with Crippen LogP contribution in [0.2, 0.25) is 0 Å². The summed E-state index contributed by atoms with van der Waals surface area (Å²) in [6, 6.07) is 14.9. The van der Waals surface area contributed by atoms with Gasteiger partial charge in [-0.1, -0.05) is 24.3 Å². The number of aryl methyl sites for hydroxylation is 1. The lowest BCUT2D eigenvalue weighted by molar-refractivity contribution is 0.0600. The molecule has 0 aliphatic heterocycles. The highest BCUT2D eigenvalue weighted by Crippen LogP contribution is 2.17. The SMILES string of the molecule is COC(=O)c1ccc(C)c(NC(=O)NCCCN(C)c2ccccc2)c1. The number of carbonyl (C=O) groups is 2. The molecule has 26 heavy (non-hydrogen) atoms. The summed E-state index contributed by atoms with van der Waals surface area (Å²) >= 11 is 0. The standard InChI is InChI=1S/C20H25N3O3/c1-15-10-11-16(19(24)26-3)14-18(15)22-20(25)21-12-7-13-23(2)17-8-5-4-6-9-17/h4-6,8-11,14H,7,12-13H2,1-3H3,(H2,21,22,25). The molecule has 2 aromatic carbocycles. The smallest absolute Gasteiger partial charge is 0.337 e. The molecule has 0 spiro atoms. The van der Waals surface area contributed by atoms with Crippen LogP contribution in [0, 0.1) is 6.92 Å². The molecule has 0 heterocycles. The lowest BCUT2D eigenvalue weighted by atomic mass is 10.1. The van der Waals surface area contributed by atoms with Crippen LogP contribution in [0.5, 0.6) is 0 Å². The van der Waals surface area contributed by atoms with E-state index in [1.807, 2.05) is 32.2 Å². The second kappa shape index (κ2) is 9.46. The molecule has 0 saturated carbocycles. The highest BCUT2D eigenvalue weighted by Gasteiger charge is 2.10. The number of esters is 1. The first-order valence-electron chi connectivity index (χ1n) is 8.51. The number of methoxy groups -OCH3 is 1. The largest absolute Gasteiger partial charge is 0.465 e. The second-order valence-corrected chi connectivity index (χ2v) is 6.01. The number of nitrogens with zero attached hydrogens (tertiary/aromatic N) is 1. The third-order valence-electron chi connectivity index (χ3n) is 4.06. The van der Waals surface area contributed by atoms with Crippen molar-refractivity contribution < 1.29 is 14.3 Å². The minimum atomic E-state index is -0.433. The van der Waals surface area contributed by atoms with Crippen molar-refractivity contribution in [1.82, 2.24) is 5.32 Å². The van der Waals surface area contributed by atoms with Crippen molar-refractivity contribution in [2.24, 2.45) is 0 Å². The maximum atomic E-state index is 12.1. The summed E-state index contributed by atoms with van der Waals surface area (Å²) in [5.74, 6) is -0.433. The Kier molecular flexibility index (Phi) is 7.02. The first kappa shape index (κ1) is 19.3. The van der Waals surface area contributed by atoms with Crippen LogP contribution in [-0.2, 0) is 4.74 Å². The molecule has 0 radical (unpaired) electrons. The van der Waals surface area contributed by atoms with E-state index in [1.54, 1.807) is 18.2 Å². The van der Waals surface area contributed by atoms with E-state index in [0.717, 1.165) is 24.2 Å². The lowest BCUT2D eigenvalue weighted by Gasteiger charge is -2.19. The molecule has 0 aromatic heterocycles. The van der Waals surface area contributed by atoms with E-state index >= 15 is 0 Å². The summed E-state index contributed by atoms with van der Waals surface area (Å²) < 4.78 is 4.70. The normalized spacial score (nSPS) is 10.1. The van der Waals surface area contributed by atoms with E-state index < -0.39 is 5.97 Å². The Morgan fingerprint density at radius 2 is 1.85 bits per heavy atom. The summed E-state index contributed by atoms with van der Waals surface area (Å²) in [5.41, 5.74) is 3.01. The van der Waals surface area contributed by atoms with Gasteiger partial charge in [0, 0.05) is 31.5 Å². The number of para-hydroxylation sites is 1. The first-order chi connectivity index (χ1) is 12.5. The summed E-state index contributed by atoms with van der Waals surface area (Å²) in [7, 11) is 3.35. The van der Waals surface area contributed by atoms with E-state index in [2.05, 4.69) is 27.7 Å². The fourth-order valence-corrected chi connectivity index (χ4v) is 2.50. The molecule has 0 fully saturated rings. The molecule has 6 heteroatoms. The molecule has 2 amide bonds. The summed E-state index contributed by atoms with van der Waals surface area (Å²) in [6.45, 7) is 3.26. The number of nitrogens with one attached hydrogen (secondary N) is 2. The number of urea groups is 1. The highest BCUT2D eigenvalue weighted by atomic mass is 16.5. The van der Waals surface area contributed by atoms with Gasteiger partial charge in [0.05, 0.1) is 12.7 Å². The molecular formula is C20H25N3O3. The van der Waals surface area contributed by atoms with Crippen LogP contribution in [0.15, 0.2) is 48.5 Å². The van der Waals surface area contributed by atoms with Crippen LogP contribution in [0.3, 0.4) is 0 Å². The van der Waals surface area contributed by atoms with Crippen LogP contribution in [0.1, 0.15) is 22.3 Å². The molecule has 0 unspecified atom stereocenters. The Hall–Kier alpha value is -3.02. The minimum Gasteiger partial charge on any atom is -0.465 e. The Labute approximate surface area is 154 Å². The van der Waals surface area contributed by atoms with Gasteiger partial charge in [0.2, 0.25) is 0 Å². The van der Waals surface area contributed by atoms with Gasteiger partial charge in [-0.05, 0) is 43.2 Å². The van der Waals surface area contributed by atoms with Gasteiger partial charge < -0.3 is 20.3 Å². The number of amides is 2. The minimum absolute atomic E-state index is 0.294. The molecule has 138 valence electrons. The van der Waals surface area contributed by atoms with Gasteiger partial charge in [0.1, 0.15) is 0 Å². The average molecular weight is 355 g/mol. The lowest BCUT2D eigenvalue weighted by Crippen LogP contribution is -2.32. The third kappa shape index (κ3) is 5.51. The fraction of sp³-hybridized carbons (Fsp3) is 0.300. The maximum Gasteiger partial charge on any atom is 0.337 e. The van der Waals surface area contributed by atoms with Gasteiger partial charge in [0.25, 0.3) is 0 Å². The molecule has 0 aliphatic carbocycles. The van der Waals surface area contributed by atoms with E-state index in [0.29, 0.717) is 17.8 Å². The number of benzene rings is 2. The molecule has 6 nitrogen and oxygen atoms in total. The summed E-state index contributed by atoms with van der Waals surface area (Å²) in [4.78, 5) is 25.8. The van der Waals surface area contributed by atoms with E-state index in [4.69, 9.17) is 4.74 Å². The Balaban J connectivity index is 1.79. The Bertz CT molecular complexity index is 747. The van der Waals surface area contributed by atoms with Crippen molar-refractivity contribution in [3.8, 4) is 0 Å². The zero-order valence-electron chi connectivity index (χ0n) is 15.4. The number of ether oxygens (including phenoxy) is 1. The molecule has 0 bridgehead atoms. The van der Waals surface area contributed by atoms with Gasteiger partial charge in [0.15, 0.2) is 0 Å². The molecule has 2 aromatic rings. The molecule has 2 rings (SSSR count). The fourth-order valence-electron chi connectivity index (χ4n) is 2.50. The molecule has 0 atom stereocenters. The summed E-state index contributed by atoms with van der Waals surface area (Å²) in [5, 5.41) is 5.61. The number of rotatable bonds is 7. The van der Waals surface area contributed by atoms with Gasteiger partial charge >= 0.3 is 12.0 Å². The van der Waals surface area contributed by atoms with E-state index in [-0.39, 0.29) is 6.03 Å². The van der Waals surface area contributed by atoms with E-state index in [1.165, 1.54) is 7.11 Å². The van der Waals surface area contributed by atoms with Crippen LogP contribution < -0.4 is 15.5 Å². The van der Waals surface area contributed by atoms with Crippen LogP contribution in [0.25, 0.3) is 0 Å². The average Bonchev–Trinajstić information content (AvgIpc) is 2.66. The molecule has 2 N–H and O–H groups in total. The number of carbonyl (C=O) groups excluding carboxylic acids is 2. The summed E-state index contributed by atoms with van der Waals surface area (Å²) in [6.07, 6.45) is 0.819. The van der Waals surface area contributed by atoms with Gasteiger partial charge in [-0.25, -0.2) is 9.59 Å². The van der Waals surface area contributed by atoms with Crippen molar-refractivity contribution in [2.45, 2.75) is 13.3 Å². The van der Waals surface area contributed by atoms with Crippen LogP contribution in [0.4, 0.5) is 16.2 Å². The Morgan fingerprint density at radius 1 is 1.12 bits per heavy atom.